The Balaban J connectivity index is 2.19. The van der Waals surface area contributed by atoms with Crippen LogP contribution in [0.15, 0.2) is 24.3 Å². The first-order chi connectivity index (χ1) is 11.4. The van der Waals surface area contributed by atoms with E-state index in [1.165, 1.54) is 49.9 Å². The van der Waals surface area contributed by atoms with Gasteiger partial charge in [0.1, 0.15) is 6.61 Å². The molecule has 0 spiro atoms. The van der Waals surface area contributed by atoms with Crippen LogP contribution in [0.25, 0.3) is 0 Å². The van der Waals surface area contributed by atoms with Crippen LogP contribution >= 0.6 is 0 Å². The van der Waals surface area contributed by atoms with Gasteiger partial charge in [-0.1, -0.05) is 32.6 Å². The van der Waals surface area contributed by atoms with Gasteiger partial charge in [-0.25, -0.2) is 13.2 Å². The number of nitrogens with one attached hydrogen (secondary N) is 2. The van der Waals surface area contributed by atoms with Crippen LogP contribution < -0.4 is 10.0 Å². The topological polar surface area (TPSA) is 84.5 Å². The second-order valence-electron chi connectivity index (χ2n) is 5.75. The van der Waals surface area contributed by atoms with Crippen LogP contribution in [0.2, 0.25) is 0 Å². The van der Waals surface area contributed by atoms with E-state index in [2.05, 4.69) is 17.0 Å². The molecule has 6 nitrogen and oxygen atoms in total. The monoisotopic (exact) mass is 356 g/mol. The number of rotatable bonds is 12. The molecule has 0 aliphatic heterocycles. The van der Waals surface area contributed by atoms with Crippen LogP contribution in [0.4, 0.5) is 5.69 Å². The van der Waals surface area contributed by atoms with E-state index in [1.807, 2.05) is 0 Å². The minimum Gasteiger partial charge on any atom is -0.461 e. The normalized spacial score (nSPS) is 11.2. The third kappa shape index (κ3) is 9.52. The number of anilines is 1. The summed E-state index contributed by atoms with van der Waals surface area (Å²) in [5, 5.41) is 3.25. The SMILES string of the molecule is CCCCCCCNCCOC(=O)c1ccc(NS(C)(=O)=O)cc1. The summed E-state index contributed by atoms with van der Waals surface area (Å²) in [6.07, 6.45) is 7.26. The van der Waals surface area contributed by atoms with E-state index < -0.39 is 16.0 Å². The lowest BCUT2D eigenvalue weighted by Crippen LogP contribution is -2.22. The molecule has 7 heteroatoms. The van der Waals surface area contributed by atoms with E-state index in [4.69, 9.17) is 4.74 Å². The van der Waals surface area contributed by atoms with Crippen molar-refractivity contribution < 1.29 is 17.9 Å². The average molecular weight is 356 g/mol. The smallest absolute Gasteiger partial charge is 0.338 e. The fraction of sp³-hybridized carbons (Fsp3) is 0.588. The lowest BCUT2D eigenvalue weighted by Gasteiger charge is -2.08. The molecule has 0 atom stereocenters. The van der Waals surface area contributed by atoms with Crippen molar-refractivity contribution in [2.75, 3.05) is 30.7 Å². The van der Waals surface area contributed by atoms with Crippen molar-refractivity contribution in [3.05, 3.63) is 29.8 Å². The van der Waals surface area contributed by atoms with Crippen LogP contribution in [0.3, 0.4) is 0 Å². The second-order valence-corrected chi connectivity index (χ2v) is 7.50. The number of unbranched alkanes of at least 4 members (excludes halogenated alkanes) is 4. The Kier molecular flexibility index (Phi) is 9.41. The number of esters is 1. The molecule has 0 heterocycles. The van der Waals surface area contributed by atoms with E-state index in [9.17, 15) is 13.2 Å². The first kappa shape index (κ1) is 20.4. The number of sulfonamides is 1. The summed E-state index contributed by atoms with van der Waals surface area (Å²) in [5.74, 6) is -0.411. The lowest BCUT2D eigenvalue weighted by molar-refractivity contribution is 0.0508. The number of carbonyl (C=O) groups excluding carboxylic acids is 1. The first-order valence-corrected chi connectivity index (χ1v) is 10.3. The largest absolute Gasteiger partial charge is 0.461 e. The number of ether oxygens (including phenoxy) is 1. The lowest BCUT2D eigenvalue weighted by atomic mass is 10.1. The van der Waals surface area contributed by atoms with E-state index in [1.54, 1.807) is 0 Å². The number of hydrogen-bond acceptors (Lipinski definition) is 5. The van der Waals surface area contributed by atoms with Gasteiger partial charge < -0.3 is 10.1 Å². The van der Waals surface area contributed by atoms with Crippen molar-refractivity contribution in [1.29, 1.82) is 0 Å². The molecule has 24 heavy (non-hydrogen) atoms. The molecule has 0 unspecified atom stereocenters. The van der Waals surface area contributed by atoms with Gasteiger partial charge in [0.15, 0.2) is 0 Å². The Morgan fingerprint density at radius 1 is 1.04 bits per heavy atom. The predicted octanol–water partition coefficient (Wildman–Crippen LogP) is 2.77. The standard InChI is InChI=1S/C17H28N2O4S/c1-3-4-5-6-7-12-18-13-14-23-17(20)15-8-10-16(11-9-15)19-24(2,21)22/h8-11,18-19H,3-7,12-14H2,1-2H3. The zero-order valence-electron chi connectivity index (χ0n) is 14.5. The number of benzene rings is 1. The van der Waals surface area contributed by atoms with Crippen molar-refractivity contribution in [2.45, 2.75) is 39.0 Å². The minimum atomic E-state index is -3.32. The van der Waals surface area contributed by atoms with Crippen molar-refractivity contribution in [2.24, 2.45) is 0 Å². The molecule has 0 fully saturated rings. The molecule has 0 saturated carbocycles. The summed E-state index contributed by atoms with van der Waals surface area (Å²) in [7, 11) is -3.32. The zero-order valence-corrected chi connectivity index (χ0v) is 15.3. The minimum absolute atomic E-state index is 0.317. The molecular formula is C17H28N2O4S. The van der Waals surface area contributed by atoms with Crippen LogP contribution in [0.1, 0.15) is 49.4 Å². The molecule has 0 aromatic heterocycles. The molecule has 0 aliphatic carbocycles. The van der Waals surface area contributed by atoms with Crippen molar-refractivity contribution in [3.63, 3.8) is 0 Å². The van der Waals surface area contributed by atoms with Crippen LogP contribution in [0.5, 0.6) is 0 Å². The summed E-state index contributed by atoms with van der Waals surface area (Å²) in [6.45, 7) is 4.08. The average Bonchev–Trinajstić information content (AvgIpc) is 2.52. The fourth-order valence-electron chi connectivity index (χ4n) is 2.17. The highest BCUT2D eigenvalue weighted by Crippen LogP contribution is 2.11. The van der Waals surface area contributed by atoms with Gasteiger partial charge in [0.05, 0.1) is 11.8 Å². The Hall–Kier alpha value is -1.60. The van der Waals surface area contributed by atoms with Gasteiger partial charge in [-0.05, 0) is 37.2 Å². The fourth-order valence-corrected chi connectivity index (χ4v) is 2.73. The Morgan fingerprint density at radius 3 is 2.33 bits per heavy atom. The zero-order chi connectivity index (χ0) is 17.8. The molecule has 2 N–H and O–H groups in total. The Labute approximate surface area is 145 Å². The molecule has 1 aromatic rings. The highest BCUT2D eigenvalue weighted by molar-refractivity contribution is 7.92. The third-order valence-electron chi connectivity index (χ3n) is 3.39. The summed E-state index contributed by atoms with van der Waals surface area (Å²) in [5.41, 5.74) is 0.812. The Bertz CT molecular complexity index is 585. The molecule has 136 valence electrons. The van der Waals surface area contributed by atoms with Crippen molar-refractivity contribution >= 4 is 21.7 Å². The molecular weight excluding hydrogens is 328 g/mol. The summed E-state index contributed by atoms with van der Waals surface area (Å²) in [6, 6.07) is 6.15. The van der Waals surface area contributed by atoms with Crippen LogP contribution in [-0.2, 0) is 14.8 Å². The number of carbonyl (C=O) groups is 1. The second kappa shape index (κ2) is 11.0. The molecule has 0 radical (unpaired) electrons. The molecule has 1 rings (SSSR count). The Morgan fingerprint density at radius 2 is 1.71 bits per heavy atom. The summed E-state index contributed by atoms with van der Waals surface area (Å²) < 4.78 is 29.7. The first-order valence-electron chi connectivity index (χ1n) is 8.38. The van der Waals surface area contributed by atoms with Crippen molar-refractivity contribution in [3.8, 4) is 0 Å². The molecule has 1 aromatic carbocycles. The molecule has 0 aliphatic rings. The third-order valence-corrected chi connectivity index (χ3v) is 4.00. The van der Waals surface area contributed by atoms with Gasteiger partial charge in [-0.3, -0.25) is 4.72 Å². The molecule has 0 bridgehead atoms. The molecule has 0 saturated heterocycles. The van der Waals surface area contributed by atoms with E-state index in [0.29, 0.717) is 24.4 Å². The summed E-state index contributed by atoms with van der Waals surface area (Å²) in [4.78, 5) is 11.9. The van der Waals surface area contributed by atoms with Gasteiger partial charge in [0.25, 0.3) is 0 Å². The highest BCUT2D eigenvalue weighted by Gasteiger charge is 2.08. The van der Waals surface area contributed by atoms with Gasteiger partial charge >= 0.3 is 5.97 Å². The van der Waals surface area contributed by atoms with Gasteiger partial charge in [0, 0.05) is 12.2 Å². The summed E-state index contributed by atoms with van der Waals surface area (Å²) >= 11 is 0. The molecule has 0 amide bonds. The van der Waals surface area contributed by atoms with E-state index in [0.717, 1.165) is 19.2 Å². The van der Waals surface area contributed by atoms with E-state index >= 15 is 0 Å². The highest BCUT2D eigenvalue weighted by atomic mass is 32.2. The maximum absolute atomic E-state index is 11.9. The van der Waals surface area contributed by atoms with E-state index in [-0.39, 0.29) is 0 Å². The van der Waals surface area contributed by atoms with Gasteiger partial charge in [-0.15, -0.1) is 0 Å². The predicted molar refractivity (Wildman–Crippen MR) is 96.8 cm³/mol. The maximum atomic E-state index is 11.9. The van der Waals surface area contributed by atoms with Crippen molar-refractivity contribution in [1.82, 2.24) is 5.32 Å². The van der Waals surface area contributed by atoms with Gasteiger partial charge in [-0.2, -0.15) is 0 Å². The number of hydrogen-bond donors (Lipinski definition) is 2. The van der Waals surface area contributed by atoms with Crippen LogP contribution in [0, 0.1) is 0 Å². The quantitative estimate of drug-likeness (QED) is 0.444. The maximum Gasteiger partial charge on any atom is 0.338 e. The van der Waals surface area contributed by atoms with Gasteiger partial charge in [0.2, 0.25) is 10.0 Å². The van der Waals surface area contributed by atoms with Crippen LogP contribution in [-0.4, -0.2) is 40.3 Å².